The Hall–Kier alpha value is -1.02. The number of aromatic nitrogens is 1. The van der Waals surface area contributed by atoms with E-state index in [0.717, 1.165) is 56.7 Å². The molecule has 3 fully saturated rings. The summed E-state index contributed by atoms with van der Waals surface area (Å²) in [6, 6.07) is 0. The number of hydrogen-bond acceptors (Lipinski definition) is 6. The quantitative estimate of drug-likeness (QED) is 0.835. The highest BCUT2D eigenvalue weighted by molar-refractivity contribution is 7.09. The second-order valence-corrected chi connectivity index (χ2v) is 8.15. The van der Waals surface area contributed by atoms with Crippen LogP contribution in [0.3, 0.4) is 0 Å². The number of thiazole rings is 1. The maximum absolute atomic E-state index is 12.4. The van der Waals surface area contributed by atoms with E-state index in [4.69, 9.17) is 9.57 Å². The normalized spacial score (nSPS) is 27.2. The average molecular weight is 351 g/mol. The van der Waals surface area contributed by atoms with Gasteiger partial charge in [0.25, 0.3) is 5.91 Å². The van der Waals surface area contributed by atoms with E-state index < -0.39 is 0 Å². The maximum Gasteiger partial charge on any atom is 0.275 e. The second-order valence-electron chi connectivity index (χ2n) is 7.09. The van der Waals surface area contributed by atoms with Crippen molar-refractivity contribution in [3.63, 3.8) is 0 Å². The Kier molecular flexibility index (Phi) is 4.60. The molecule has 0 radical (unpaired) electrons. The predicted molar refractivity (Wildman–Crippen MR) is 90.5 cm³/mol. The number of hydroxylamine groups is 2. The molecule has 0 aliphatic carbocycles. The van der Waals surface area contributed by atoms with Crippen molar-refractivity contribution in [2.24, 2.45) is 0 Å². The summed E-state index contributed by atoms with van der Waals surface area (Å²) in [7, 11) is 0. The third-order valence-electron chi connectivity index (χ3n) is 5.35. The lowest BCUT2D eigenvalue weighted by Gasteiger charge is -2.39. The van der Waals surface area contributed by atoms with Gasteiger partial charge >= 0.3 is 0 Å². The Morgan fingerprint density at radius 2 is 2.21 bits per heavy atom. The molecule has 132 valence electrons. The number of piperidine rings is 1. The molecule has 1 aromatic heterocycles. The summed E-state index contributed by atoms with van der Waals surface area (Å²) in [5.74, 6) is 0.0183. The molecule has 6 nitrogen and oxygen atoms in total. The number of amides is 1. The highest BCUT2D eigenvalue weighted by Gasteiger charge is 2.46. The first-order valence-electron chi connectivity index (χ1n) is 8.89. The molecule has 3 saturated heterocycles. The van der Waals surface area contributed by atoms with Crippen molar-refractivity contribution in [1.82, 2.24) is 14.9 Å². The van der Waals surface area contributed by atoms with Crippen LogP contribution < -0.4 is 0 Å². The molecule has 0 saturated carbocycles. The lowest BCUT2D eigenvalue weighted by molar-refractivity contribution is -0.185. The first kappa shape index (κ1) is 16.4. The molecular formula is C17H25N3O3S. The molecule has 4 heterocycles. The smallest absolute Gasteiger partial charge is 0.275 e. The van der Waals surface area contributed by atoms with E-state index in [-0.39, 0.29) is 17.6 Å². The van der Waals surface area contributed by atoms with Gasteiger partial charge in [0.2, 0.25) is 0 Å². The molecule has 3 aliphatic rings. The van der Waals surface area contributed by atoms with Gasteiger partial charge in [0.15, 0.2) is 0 Å². The molecule has 1 spiro atoms. The van der Waals surface area contributed by atoms with Gasteiger partial charge in [-0.3, -0.25) is 14.5 Å². The van der Waals surface area contributed by atoms with E-state index in [1.807, 2.05) is 6.92 Å². The molecule has 24 heavy (non-hydrogen) atoms. The van der Waals surface area contributed by atoms with Gasteiger partial charge in [-0.05, 0) is 39.0 Å². The van der Waals surface area contributed by atoms with Gasteiger partial charge in [-0.25, -0.2) is 10.0 Å². The molecule has 4 rings (SSSR count). The van der Waals surface area contributed by atoms with Crippen molar-refractivity contribution in [2.45, 2.75) is 57.3 Å². The van der Waals surface area contributed by atoms with Crippen LogP contribution in [-0.2, 0) is 20.9 Å². The van der Waals surface area contributed by atoms with E-state index in [9.17, 15) is 4.79 Å². The Morgan fingerprint density at radius 1 is 1.38 bits per heavy atom. The van der Waals surface area contributed by atoms with Crippen molar-refractivity contribution >= 4 is 17.2 Å². The van der Waals surface area contributed by atoms with Gasteiger partial charge in [0, 0.05) is 25.0 Å². The second kappa shape index (κ2) is 6.71. The average Bonchev–Trinajstić information content (AvgIpc) is 3.31. The van der Waals surface area contributed by atoms with Gasteiger partial charge in [-0.2, -0.15) is 0 Å². The van der Waals surface area contributed by atoms with Crippen LogP contribution in [0.25, 0.3) is 0 Å². The summed E-state index contributed by atoms with van der Waals surface area (Å²) in [4.78, 5) is 24.8. The summed E-state index contributed by atoms with van der Waals surface area (Å²) >= 11 is 1.71. The van der Waals surface area contributed by atoms with Gasteiger partial charge in [-0.1, -0.05) is 0 Å². The van der Waals surface area contributed by atoms with Crippen LogP contribution >= 0.6 is 11.3 Å². The summed E-state index contributed by atoms with van der Waals surface area (Å²) in [6.45, 7) is 6.34. The molecule has 1 aromatic rings. The van der Waals surface area contributed by atoms with E-state index in [2.05, 4.69) is 15.3 Å². The summed E-state index contributed by atoms with van der Waals surface area (Å²) in [5.41, 5.74) is 1.06. The highest BCUT2D eigenvalue weighted by Crippen LogP contribution is 2.39. The maximum atomic E-state index is 12.4. The molecule has 3 aliphatic heterocycles. The summed E-state index contributed by atoms with van der Waals surface area (Å²) in [5, 5.41) is 4.78. The van der Waals surface area contributed by atoms with Crippen molar-refractivity contribution in [1.29, 1.82) is 0 Å². The Balaban J connectivity index is 1.29. The number of nitrogens with zero attached hydrogens (tertiary/aromatic N) is 3. The zero-order valence-electron chi connectivity index (χ0n) is 14.2. The van der Waals surface area contributed by atoms with Crippen LogP contribution in [-0.4, -0.2) is 58.8 Å². The summed E-state index contributed by atoms with van der Waals surface area (Å²) < 4.78 is 6.26. The van der Waals surface area contributed by atoms with Crippen LogP contribution in [0.4, 0.5) is 0 Å². The Morgan fingerprint density at radius 3 is 2.88 bits per heavy atom. The number of aryl methyl sites for hydroxylation is 1. The van der Waals surface area contributed by atoms with Crippen LogP contribution in [0.1, 0.15) is 42.8 Å². The van der Waals surface area contributed by atoms with Crippen molar-refractivity contribution in [3.8, 4) is 0 Å². The van der Waals surface area contributed by atoms with Crippen LogP contribution in [0.15, 0.2) is 5.38 Å². The standard InChI is InChI=1S/C17H25N3O3S/c1-13-18-14(12-24-13)11-19-8-5-17(6-9-19)4-3-15(23-17)16(21)20-7-2-10-22-20/h12,15H,2-11H2,1H3/t15-/m1/s1. The zero-order valence-corrected chi connectivity index (χ0v) is 15.0. The number of ether oxygens (including phenoxy) is 1. The topological polar surface area (TPSA) is 54.9 Å². The molecule has 0 N–H and O–H groups in total. The van der Waals surface area contributed by atoms with Gasteiger partial charge in [-0.15, -0.1) is 11.3 Å². The van der Waals surface area contributed by atoms with Crippen LogP contribution in [0.5, 0.6) is 0 Å². The molecule has 0 aromatic carbocycles. The molecule has 0 unspecified atom stereocenters. The van der Waals surface area contributed by atoms with E-state index in [1.165, 1.54) is 10.8 Å². The number of hydrogen-bond donors (Lipinski definition) is 0. The molecule has 1 amide bonds. The van der Waals surface area contributed by atoms with Crippen molar-refractivity contribution in [3.05, 3.63) is 16.1 Å². The number of carbonyl (C=O) groups excluding carboxylic acids is 1. The first-order valence-corrected chi connectivity index (χ1v) is 9.77. The van der Waals surface area contributed by atoms with Crippen LogP contribution in [0.2, 0.25) is 0 Å². The zero-order chi connectivity index (χ0) is 16.6. The Labute approximate surface area is 146 Å². The predicted octanol–water partition coefficient (Wildman–Crippen LogP) is 2.13. The van der Waals surface area contributed by atoms with E-state index in [1.54, 1.807) is 11.3 Å². The minimum Gasteiger partial charge on any atom is -0.362 e. The minimum atomic E-state index is -0.309. The highest BCUT2D eigenvalue weighted by atomic mass is 32.1. The Bertz CT molecular complexity index is 592. The number of rotatable bonds is 3. The summed E-state index contributed by atoms with van der Waals surface area (Å²) in [6.07, 6.45) is 4.43. The fourth-order valence-corrected chi connectivity index (χ4v) is 4.57. The third kappa shape index (κ3) is 3.35. The van der Waals surface area contributed by atoms with Crippen LogP contribution in [0, 0.1) is 6.92 Å². The first-order chi connectivity index (χ1) is 11.6. The van der Waals surface area contributed by atoms with Gasteiger partial charge < -0.3 is 4.74 Å². The number of carbonyl (C=O) groups is 1. The molecular weight excluding hydrogens is 326 g/mol. The van der Waals surface area contributed by atoms with Gasteiger partial charge in [0.1, 0.15) is 6.10 Å². The molecule has 7 heteroatoms. The minimum absolute atomic E-state index is 0.0183. The fraction of sp³-hybridized carbons (Fsp3) is 0.765. The van der Waals surface area contributed by atoms with Crippen molar-refractivity contribution < 1.29 is 14.4 Å². The SMILES string of the molecule is Cc1nc(CN2CCC3(CC[C@H](C(=O)N4CCCO4)O3)CC2)cs1. The lowest BCUT2D eigenvalue weighted by atomic mass is 9.88. The number of likely N-dealkylation sites (tertiary alicyclic amines) is 1. The monoisotopic (exact) mass is 351 g/mol. The fourth-order valence-electron chi connectivity index (χ4n) is 3.97. The van der Waals surface area contributed by atoms with E-state index in [0.29, 0.717) is 13.2 Å². The van der Waals surface area contributed by atoms with Gasteiger partial charge in [0.05, 0.1) is 29.5 Å². The lowest BCUT2D eigenvalue weighted by Crippen LogP contribution is -2.45. The van der Waals surface area contributed by atoms with Crippen molar-refractivity contribution in [2.75, 3.05) is 26.2 Å². The molecule has 1 atom stereocenters. The third-order valence-corrected chi connectivity index (χ3v) is 6.17. The van der Waals surface area contributed by atoms with E-state index >= 15 is 0 Å². The molecule has 0 bridgehead atoms. The largest absolute Gasteiger partial charge is 0.362 e.